The SMILES string of the molecule is CCN(CC)C(C)(C)C(=O)c1ccc(OC)c(Br)c1OC. The summed E-state index contributed by atoms with van der Waals surface area (Å²) in [5.74, 6) is 1.19. The number of methoxy groups -OCH3 is 2. The highest BCUT2D eigenvalue weighted by Gasteiger charge is 2.35. The van der Waals surface area contributed by atoms with Gasteiger partial charge in [-0.3, -0.25) is 9.69 Å². The van der Waals surface area contributed by atoms with Crippen LogP contribution in [0.2, 0.25) is 0 Å². The summed E-state index contributed by atoms with van der Waals surface area (Å²) in [6.45, 7) is 9.63. The smallest absolute Gasteiger partial charge is 0.186 e. The van der Waals surface area contributed by atoms with E-state index in [2.05, 4.69) is 34.7 Å². The highest BCUT2D eigenvalue weighted by Crippen LogP contribution is 2.39. The van der Waals surface area contributed by atoms with Crippen molar-refractivity contribution in [1.82, 2.24) is 4.90 Å². The van der Waals surface area contributed by atoms with Gasteiger partial charge in [-0.05, 0) is 55.0 Å². The summed E-state index contributed by atoms with van der Waals surface area (Å²) in [6.07, 6.45) is 0. The Balaban J connectivity index is 3.33. The average Bonchev–Trinajstić information content (AvgIpc) is 2.47. The van der Waals surface area contributed by atoms with Gasteiger partial charge >= 0.3 is 0 Å². The number of Topliss-reactive ketones (excluding diaryl/α,β-unsaturated/α-hetero) is 1. The maximum atomic E-state index is 13.0. The predicted octanol–water partition coefficient (Wildman–Crippen LogP) is 3.77. The minimum atomic E-state index is -0.592. The van der Waals surface area contributed by atoms with E-state index in [9.17, 15) is 4.79 Å². The van der Waals surface area contributed by atoms with Crippen molar-refractivity contribution in [1.29, 1.82) is 0 Å². The molecule has 0 N–H and O–H groups in total. The molecule has 0 aliphatic heterocycles. The van der Waals surface area contributed by atoms with Crippen LogP contribution >= 0.6 is 15.9 Å². The van der Waals surface area contributed by atoms with Crippen LogP contribution in [0.5, 0.6) is 11.5 Å². The van der Waals surface area contributed by atoms with Crippen LogP contribution in [0, 0.1) is 0 Å². The molecule has 0 aliphatic rings. The van der Waals surface area contributed by atoms with Gasteiger partial charge in [0.1, 0.15) is 16.0 Å². The second-order valence-electron chi connectivity index (χ2n) is 5.22. The molecule has 4 nitrogen and oxygen atoms in total. The molecule has 118 valence electrons. The third kappa shape index (κ3) is 3.40. The summed E-state index contributed by atoms with van der Waals surface area (Å²) in [5, 5.41) is 0. The molecule has 0 heterocycles. The van der Waals surface area contributed by atoms with Crippen molar-refractivity contribution in [2.75, 3.05) is 27.3 Å². The number of carbonyl (C=O) groups is 1. The standard InChI is InChI=1S/C16H24BrNO3/c1-7-18(8-2)16(3,4)15(19)11-9-10-12(20-5)13(17)14(11)21-6/h9-10H,7-8H2,1-6H3. The normalized spacial score (nSPS) is 11.6. The first-order valence-electron chi connectivity index (χ1n) is 7.05. The summed E-state index contributed by atoms with van der Waals surface area (Å²) >= 11 is 3.44. The highest BCUT2D eigenvalue weighted by molar-refractivity contribution is 9.10. The Bertz CT molecular complexity index is 510. The van der Waals surface area contributed by atoms with Crippen LogP contribution in [0.3, 0.4) is 0 Å². The van der Waals surface area contributed by atoms with Crippen molar-refractivity contribution in [2.24, 2.45) is 0 Å². The topological polar surface area (TPSA) is 38.8 Å². The largest absolute Gasteiger partial charge is 0.495 e. The molecule has 0 unspecified atom stereocenters. The van der Waals surface area contributed by atoms with Crippen molar-refractivity contribution in [2.45, 2.75) is 33.2 Å². The van der Waals surface area contributed by atoms with E-state index in [0.29, 0.717) is 21.5 Å². The number of ketones is 1. The Kier molecular flexibility index (Phi) is 6.23. The van der Waals surface area contributed by atoms with Crippen LogP contribution in [0.1, 0.15) is 38.1 Å². The van der Waals surface area contributed by atoms with Gasteiger partial charge in [0.25, 0.3) is 0 Å². The number of hydrogen-bond donors (Lipinski definition) is 0. The van der Waals surface area contributed by atoms with E-state index in [4.69, 9.17) is 9.47 Å². The van der Waals surface area contributed by atoms with E-state index in [1.807, 2.05) is 13.8 Å². The molecule has 0 fully saturated rings. The van der Waals surface area contributed by atoms with Gasteiger partial charge < -0.3 is 9.47 Å². The summed E-state index contributed by atoms with van der Waals surface area (Å²) in [5.41, 5.74) is -0.0350. The average molecular weight is 358 g/mol. The van der Waals surface area contributed by atoms with Crippen molar-refractivity contribution in [3.8, 4) is 11.5 Å². The number of halogens is 1. The zero-order chi connectivity index (χ0) is 16.2. The second kappa shape index (κ2) is 7.27. The van der Waals surface area contributed by atoms with Crippen molar-refractivity contribution < 1.29 is 14.3 Å². The monoisotopic (exact) mass is 357 g/mol. The lowest BCUT2D eigenvalue weighted by Crippen LogP contribution is -2.50. The summed E-state index contributed by atoms with van der Waals surface area (Å²) in [4.78, 5) is 15.1. The molecule has 0 saturated heterocycles. The van der Waals surface area contributed by atoms with Crippen LogP contribution in [-0.4, -0.2) is 43.5 Å². The first-order valence-corrected chi connectivity index (χ1v) is 7.84. The Labute approximate surface area is 135 Å². The fourth-order valence-corrected chi connectivity index (χ4v) is 3.23. The molecule has 0 amide bonds. The molecular weight excluding hydrogens is 334 g/mol. The lowest BCUT2D eigenvalue weighted by molar-refractivity contribution is 0.0665. The van der Waals surface area contributed by atoms with E-state index >= 15 is 0 Å². The third-order valence-electron chi connectivity index (χ3n) is 3.84. The van der Waals surface area contributed by atoms with E-state index < -0.39 is 5.54 Å². The van der Waals surface area contributed by atoms with E-state index in [-0.39, 0.29) is 5.78 Å². The van der Waals surface area contributed by atoms with Gasteiger partial charge in [0.15, 0.2) is 5.78 Å². The van der Waals surface area contributed by atoms with Gasteiger partial charge in [0.05, 0.1) is 25.3 Å². The number of benzene rings is 1. The van der Waals surface area contributed by atoms with Gasteiger partial charge in [-0.1, -0.05) is 13.8 Å². The molecule has 0 aromatic heterocycles. The van der Waals surface area contributed by atoms with Crippen LogP contribution in [0.15, 0.2) is 16.6 Å². The quantitative estimate of drug-likeness (QED) is 0.696. The van der Waals surface area contributed by atoms with Gasteiger partial charge in [-0.15, -0.1) is 0 Å². The molecule has 0 saturated carbocycles. The Morgan fingerprint density at radius 3 is 2.19 bits per heavy atom. The number of likely N-dealkylation sites (N-methyl/N-ethyl adjacent to an activating group) is 1. The van der Waals surface area contributed by atoms with E-state index in [0.717, 1.165) is 13.1 Å². The summed E-state index contributed by atoms with van der Waals surface area (Å²) in [6, 6.07) is 3.54. The Morgan fingerprint density at radius 1 is 1.19 bits per heavy atom. The molecule has 0 aliphatic carbocycles. The molecule has 0 bridgehead atoms. The Morgan fingerprint density at radius 2 is 1.76 bits per heavy atom. The van der Waals surface area contributed by atoms with E-state index in [1.54, 1.807) is 26.4 Å². The van der Waals surface area contributed by atoms with Crippen molar-refractivity contribution in [3.05, 3.63) is 22.2 Å². The molecule has 5 heteroatoms. The number of rotatable bonds is 7. The molecule has 0 spiro atoms. The zero-order valence-corrected chi connectivity index (χ0v) is 15.2. The van der Waals surface area contributed by atoms with E-state index in [1.165, 1.54) is 0 Å². The second-order valence-corrected chi connectivity index (χ2v) is 6.02. The fraction of sp³-hybridized carbons (Fsp3) is 0.562. The van der Waals surface area contributed by atoms with Crippen molar-refractivity contribution >= 4 is 21.7 Å². The summed E-state index contributed by atoms with van der Waals surface area (Å²) in [7, 11) is 3.14. The molecule has 0 atom stereocenters. The summed E-state index contributed by atoms with van der Waals surface area (Å²) < 4.78 is 11.3. The lowest BCUT2D eigenvalue weighted by atomic mass is 9.90. The van der Waals surface area contributed by atoms with Gasteiger partial charge in [0.2, 0.25) is 0 Å². The minimum absolute atomic E-state index is 0.0337. The highest BCUT2D eigenvalue weighted by atomic mass is 79.9. The van der Waals surface area contributed by atoms with Crippen LogP contribution in [-0.2, 0) is 0 Å². The lowest BCUT2D eigenvalue weighted by Gasteiger charge is -2.36. The number of ether oxygens (including phenoxy) is 2. The molecule has 21 heavy (non-hydrogen) atoms. The molecular formula is C16H24BrNO3. The fourth-order valence-electron chi connectivity index (χ4n) is 2.56. The molecule has 1 aromatic rings. The Hall–Kier alpha value is -1.07. The zero-order valence-electron chi connectivity index (χ0n) is 13.6. The van der Waals surface area contributed by atoms with Gasteiger partial charge in [-0.2, -0.15) is 0 Å². The van der Waals surface area contributed by atoms with Crippen LogP contribution in [0.25, 0.3) is 0 Å². The van der Waals surface area contributed by atoms with Gasteiger partial charge in [-0.25, -0.2) is 0 Å². The number of nitrogens with zero attached hydrogens (tertiary/aromatic N) is 1. The van der Waals surface area contributed by atoms with Crippen LogP contribution in [0.4, 0.5) is 0 Å². The maximum absolute atomic E-state index is 13.0. The minimum Gasteiger partial charge on any atom is -0.495 e. The van der Waals surface area contributed by atoms with Gasteiger partial charge in [0, 0.05) is 0 Å². The third-order valence-corrected chi connectivity index (χ3v) is 4.59. The molecule has 1 rings (SSSR count). The predicted molar refractivity (Wildman–Crippen MR) is 88.6 cm³/mol. The number of hydrogen-bond acceptors (Lipinski definition) is 4. The first kappa shape index (κ1) is 18.0. The first-order chi connectivity index (χ1) is 9.84. The maximum Gasteiger partial charge on any atom is 0.186 e. The van der Waals surface area contributed by atoms with Crippen LogP contribution < -0.4 is 9.47 Å². The number of carbonyl (C=O) groups excluding carboxylic acids is 1. The molecule has 0 radical (unpaired) electrons. The molecule has 1 aromatic carbocycles. The van der Waals surface area contributed by atoms with Crippen molar-refractivity contribution in [3.63, 3.8) is 0 Å².